The summed E-state index contributed by atoms with van der Waals surface area (Å²) in [5.74, 6) is -1.51. The Morgan fingerprint density at radius 1 is 1.43 bits per heavy atom. The second kappa shape index (κ2) is 6.42. The largest absolute Gasteiger partial charge is 0.477 e. The zero-order valence-electron chi connectivity index (χ0n) is 11.6. The first kappa shape index (κ1) is 18.1. The predicted molar refractivity (Wildman–Crippen MR) is 82.0 cm³/mol. The topological polar surface area (TPSA) is 113 Å². The molecule has 0 aliphatic rings. The molecular formula is C11H15BrN2O5S2. The molecule has 10 heteroatoms. The number of hydrogen-bond donors (Lipinski definition) is 3. The van der Waals surface area contributed by atoms with Crippen LogP contribution in [0.2, 0.25) is 0 Å². The zero-order valence-corrected chi connectivity index (χ0v) is 14.8. The lowest BCUT2D eigenvalue weighted by atomic mass is 9.93. The molecule has 0 aliphatic carbocycles. The maximum Gasteiger partial charge on any atom is 0.345 e. The number of sulfonamides is 1. The molecule has 1 aromatic rings. The molecule has 1 aromatic heterocycles. The predicted octanol–water partition coefficient (Wildman–Crippen LogP) is 1.26. The average Bonchev–Trinajstić information content (AvgIpc) is 2.79. The number of carbonyl (C=O) groups is 2. The van der Waals surface area contributed by atoms with Gasteiger partial charge in [0.1, 0.15) is 9.77 Å². The monoisotopic (exact) mass is 398 g/mol. The highest BCUT2D eigenvalue weighted by atomic mass is 79.9. The minimum Gasteiger partial charge on any atom is -0.477 e. The second-order valence-electron chi connectivity index (χ2n) is 4.84. The molecule has 0 bridgehead atoms. The van der Waals surface area contributed by atoms with Crippen LogP contribution in [0.1, 0.15) is 23.5 Å². The van der Waals surface area contributed by atoms with E-state index in [0.29, 0.717) is 0 Å². The number of thiophene rings is 1. The highest BCUT2D eigenvalue weighted by molar-refractivity contribution is 9.11. The molecule has 0 unspecified atom stereocenters. The standard InChI is InChI=1S/C11H15BrN2O5S2/c1-11(2,10(17)13-3)5-14-21(18,19)7-4-6(9(15)16)20-8(7)12/h4,14H,5H2,1-3H3,(H,13,17)(H,15,16). The summed E-state index contributed by atoms with van der Waals surface area (Å²) in [4.78, 5) is 22.2. The van der Waals surface area contributed by atoms with Crippen molar-refractivity contribution in [2.45, 2.75) is 18.7 Å². The lowest BCUT2D eigenvalue weighted by Crippen LogP contribution is -2.43. The average molecular weight is 399 g/mol. The smallest absolute Gasteiger partial charge is 0.345 e. The Labute approximate surface area is 134 Å². The normalized spacial score (nSPS) is 12.2. The van der Waals surface area contributed by atoms with Crippen molar-refractivity contribution in [1.82, 2.24) is 10.0 Å². The van der Waals surface area contributed by atoms with E-state index in [-0.39, 0.29) is 26.0 Å². The Kier molecular flexibility index (Phi) is 5.53. The lowest BCUT2D eigenvalue weighted by Gasteiger charge is -2.22. The van der Waals surface area contributed by atoms with Crippen molar-refractivity contribution >= 4 is 49.2 Å². The van der Waals surface area contributed by atoms with Crippen LogP contribution < -0.4 is 10.0 Å². The summed E-state index contributed by atoms with van der Waals surface area (Å²) in [5, 5.41) is 11.3. The molecule has 21 heavy (non-hydrogen) atoms. The molecule has 0 aliphatic heterocycles. The Balaban J connectivity index is 2.98. The van der Waals surface area contributed by atoms with E-state index in [4.69, 9.17) is 5.11 Å². The van der Waals surface area contributed by atoms with E-state index in [0.717, 1.165) is 17.4 Å². The summed E-state index contributed by atoms with van der Waals surface area (Å²) in [7, 11) is -2.44. The number of rotatable bonds is 6. The van der Waals surface area contributed by atoms with Gasteiger partial charge in [0, 0.05) is 13.6 Å². The van der Waals surface area contributed by atoms with Gasteiger partial charge in [-0.05, 0) is 35.8 Å². The van der Waals surface area contributed by atoms with E-state index in [1.54, 1.807) is 13.8 Å². The molecule has 118 valence electrons. The molecule has 0 atom stereocenters. The van der Waals surface area contributed by atoms with Gasteiger partial charge < -0.3 is 10.4 Å². The molecule has 0 fully saturated rings. The molecule has 0 aromatic carbocycles. The van der Waals surface area contributed by atoms with E-state index in [2.05, 4.69) is 26.0 Å². The fourth-order valence-corrected chi connectivity index (χ4v) is 5.03. The maximum atomic E-state index is 12.2. The van der Waals surface area contributed by atoms with E-state index >= 15 is 0 Å². The summed E-state index contributed by atoms with van der Waals surface area (Å²) in [6.07, 6.45) is 0. The van der Waals surface area contributed by atoms with Gasteiger partial charge in [-0.25, -0.2) is 17.9 Å². The molecule has 1 heterocycles. The fourth-order valence-electron chi connectivity index (χ4n) is 1.41. The number of carboxylic acid groups (broad SMARTS) is 1. The van der Waals surface area contributed by atoms with Crippen LogP contribution in [0.4, 0.5) is 0 Å². The van der Waals surface area contributed by atoms with Crippen molar-refractivity contribution in [3.05, 3.63) is 14.7 Å². The van der Waals surface area contributed by atoms with E-state index in [1.807, 2.05) is 0 Å². The molecule has 0 spiro atoms. The summed E-state index contributed by atoms with van der Waals surface area (Å²) < 4.78 is 26.9. The van der Waals surface area contributed by atoms with Crippen LogP contribution in [-0.2, 0) is 14.8 Å². The molecular weight excluding hydrogens is 384 g/mol. The third-order valence-corrected chi connectivity index (χ3v) is 6.34. The summed E-state index contributed by atoms with van der Waals surface area (Å²) in [5.41, 5.74) is -0.931. The van der Waals surface area contributed by atoms with Crippen LogP contribution in [0.5, 0.6) is 0 Å². The number of aromatic carboxylic acids is 1. The Hall–Kier alpha value is -0.970. The Morgan fingerprint density at radius 2 is 2.00 bits per heavy atom. The van der Waals surface area contributed by atoms with Crippen LogP contribution >= 0.6 is 27.3 Å². The van der Waals surface area contributed by atoms with Crippen LogP contribution in [0, 0.1) is 5.41 Å². The van der Waals surface area contributed by atoms with Crippen molar-refractivity contribution < 1.29 is 23.1 Å². The highest BCUT2D eigenvalue weighted by Gasteiger charge is 2.30. The molecule has 7 nitrogen and oxygen atoms in total. The van der Waals surface area contributed by atoms with Crippen molar-refractivity contribution in [3.8, 4) is 0 Å². The van der Waals surface area contributed by atoms with Crippen LogP contribution in [0.15, 0.2) is 14.7 Å². The fraction of sp³-hybridized carbons (Fsp3) is 0.455. The zero-order chi connectivity index (χ0) is 16.4. The lowest BCUT2D eigenvalue weighted by molar-refractivity contribution is -0.128. The summed E-state index contributed by atoms with van der Waals surface area (Å²) in [6.45, 7) is 3.08. The SMILES string of the molecule is CNC(=O)C(C)(C)CNS(=O)(=O)c1cc(C(=O)O)sc1Br. The number of hydrogen-bond acceptors (Lipinski definition) is 5. The highest BCUT2D eigenvalue weighted by Crippen LogP contribution is 2.31. The van der Waals surface area contributed by atoms with Crippen LogP contribution in [0.3, 0.4) is 0 Å². The number of carbonyl (C=O) groups excluding carboxylic acids is 1. The van der Waals surface area contributed by atoms with Crippen molar-refractivity contribution in [2.75, 3.05) is 13.6 Å². The Bertz CT molecular complexity index is 666. The van der Waals surface area contributed by atoms with E-state index in [1.165, 1.54) is 7.05 Å². The summed E-state index contributed by atoms with van der Waals surface area (Å²) in [6, 6.07) is 1.08. The van der Waals surface area contributed by atoms with Gasteiger partial charge in [-0.3, -0.25) is 4.79 Å². The molecule has 1 rings (SSSR count). The van der Waals surface area contributed by atoms with Gasteiger partial charge in [-0.15, -0.1) is 11.3 Å². The first-order chi connectivity index (χ1) is 9.51. The van der Waals surface area contributed by atoms with Crippen LogP contribution in [-0.4, -0.2) is 39.0 Å². The number of halogens is 1. The first-order valence-electron chi connectivity index (χ1n) is 5.76. The minimum absolute atomic E-state index is 0.0900. The Morgan fingerprint density at radius 3 is 2.43 bits per heavy atom. The van der Waals surface area contributed by atoms with Crippen molar-refractivity contribution in [1.29, 1.82) is 0 Å². The molecule has 1 amide bonds. The molecule has 0 radical (unpaired) electrons. The molecule has 3 N–H and O–H groups in total. The molecule has 0 saturated heterocycles. The van der Waals surface area contributed by atoms with Gasteiger partial charge in [0.2, 0.25) is 15.9 Å². The van der Waals surface area contributed by atoms with Crippen LogP contribution in [0.25, 0.3) is 0 Å². The van der Waals surface area contributed by atoms with Gasteiger partial charge >= 0.3 is 5.97 Å². The van der Waals surface area contributed by atoms with E-state index < -0.39 is 21.4 Å². The van der Waals surface area contributed by atoms with E-state index in [9.17, 15) is 18.0 Å². The minimum atomic E-state index is -3.91. The summed E-state index contributed by atoms with van der Waals surface area (Å²) >= 11 is 3.85. The van der Waals surface area contributed by atoms with Gasteiger partial charge in [0.15, 0.2) is 0 Å². The van der Waals surface area contributed by atoms with Gasteiger partial charge in [0.05, 0.1) is 9.20 Å². The third-order valence-electron chi connectivity index (χ3n) is 2.70. The quantitative estimate of drug-likeness (QED) is 0.667. The number of nitrogens with one attached hydrogen (secondary N) is 2. The van der Waals surface area contributed by atoms with Crippen molar-refractivity contribution in [2.24, 2.45) is 5.41 Å². The second-order valence-corrected chi connectivity index (χ2v) is 8.95. The van der Waals surface area contributed by atoms with Crippen molar-refractivity contribution in [3.63, 3.8) is 0 Å². The number of carboxylic acids is 1. The number of amides is 1. The van der Waals surface area contributed by atoms with Gasteiger partial charge in [0.25, 0.3) is 0 Å². The third kappa shape index (κ3) is 4.25. The first-order valence-corrected chi connectivity index (χ1v) is 8.85. The maximum absolute atomic E-state index is 12.2. The van der Waals surface area contributed by atoms with Gasteiger partial charge in [-0.2, -0.15) is 0 Å². The van der Waals surface area contributed by atoms with Gasteiger partial charge in [-0.1, -0.05) is 0 Å². The molecule has 0 saturated carbocycles.